The van der Waals surface area contributed by atoms with Crippen LogP contribution in [0.1, 0.15) is 24.9 Å². The lowest BCUT2D eigenvalue weighted by molar-refractivity contribution is 0.747. The van der Waals surface area contributed by atoms with Crippen molar-refractivity contribution in [2.75, 3.05) is 5.32 Å². The van der Waals surface area contributed by atoms with Crippen LogP contribution in [0.15, 0.2) is 30.6 Å². The van der Waals surface area contributed by atoms with E-state index >= 15 is 0 Å². The van der Waals surface area contributed by atoms with Crippen LogP contribution in [0.4, 0.5) is 5.69 Å². The molecule has 0 saturated carbocycles. The fraction of sp³-hybridized carbons (Fsp3) is 0.308. The van der Waals surface area contributed by atoms with E-state index in [1.54, 1.807) is 16.9 Å². The summed E-state index contributed by atoms with van der Waals surface area (Å²) in [5.74, 6) is 0. The first kappa shape index (κ1) is 13.2. The lowest BCUT2D eigenvalue weighted by atomic mass is 10.0. The van der Waals surface area contributed by atoms with E-state index in [0.717, 1.165) is 17.7 Å². The average Bonchev–Trinajstić information content (AvgIpc) is 2.72. The van der Waals surface area contributed by atoms with Crippen LogP contribution in [-0.4, -0.2) is 9.78 Å². The van der Waals surface area contributed by atoms with Crippen molar-refractivity contribution in [3.63, 3.8) is 0 Å². The Balaban J connectivity index is 2.22. The number of aryl methyl sites for hydroxylation is 1. The largest absolute Gasteiger partial charge is 0.376 e. The van der Waals surface area contributed by atoms with Crippen molar-refractivity contribution in [2.24, 2.45) is 7.05 Å². The Labute approximate surface area is 117 Å². The molecule has 18 heavy (non-hydrogen) atoms. The van der Waals surface area contributed by atoms with Crippen LogP contribution in [0.3, 0.4) is 0 Å². The molecular formula is C13H15Cl2N3. The zero-order valence-electron chi connectivity index (χ0n) is 10.3. The number of halogens is 2. The monoisotopic (exact) mass is 283 g/mol. The van der Waals surface area contributed by atoms with Crippen molar-refractivity contribution in [1.29, 1.82) is 0 Å². The van der Waals surface area contributed by atoms with Gasteiger partial charge >= 0.3 is 0 Å². The highest BCUT2D eigenvalue weighted by atomic mass is 35.5. The van der Waals surface area contributed by atoms with E-state index in [0.29, 0.717) is 10.0 Å². The van der Waals surface area contributed by atoms with Gasteiger partial charge in [0.25, 0.3) is 0 Å². The van der Waals surface area contributed by atoms with E-state index in [1.165, 1.54) is 0 Å². The molecule has 1 heterocycles. The molecule has 0 spiro atoms. The fourth-order valence-corrected chi connectivity index (χ4v) is 2.42. The first-order valence-electron chi connectivity index (χ1n) is 5.80. The number of hydrogen-bond acceptors (Lipinski definition) is 2. The van der Waals surface area contributed by atoms with Gasteiger partial charge in [-0.25, -0.2) is 0 Å². The van der Waals surface area contributed by atoms with Crippen LogP contribution in [-0.2, 0) is 7.05 Å². The quantitative estimate of drug-likeness (QED) is 0.907. The SMILES string of the molecule is CCC(Nc1cnn(C)c1)c1ccc(Cl)cc1Cl. The second kappa shape index (κ2) is 5.63. The van der Waals surface area contributed by atoms with Crippen LogP contribution >= 0.6 is 23.2 Å². The fourth-order valence-electron chi connectivity index (χ4n) is 1.88. The second-order valence-electron chi connectivity index (χ2n) is 4.17. The van der Waals surface area contributed by atoms with Crippen LogP contribution in [0.5, 0.6) is 0 Å². The van der Waals surface area contributed by atoms with E-state index in [-0.39, 0.29) is 6.04 Å². The lowest BCUT2D eigenvalue weighted by Gasteiger charge is -2.18. The molecule has 1 aromatic carbocycles. The first-order chi connectivity index (χ1) is 8.60. The van der Waals surface area contributed by atoms with E-state index in [1.807, 2.05) is 25.4 Å². The third kappa shape index (κ3) is 2.98. The smallest absolute Gasteiger partial charge is 0.0731 e. The summed E-state index contributed by atoms with van der Waals surface area (Å²) in [6.07, 6.45) is 4.66. The molecule has 1 atom stereocenters. The number of aromatic nitrogens is 2. The zero-order valence-corrected chi connectivity index (χ0v) is 11.8. The number of anilines is 1. The molecule has 2 aromatic rings. The normalized spacial score (nSPS) is 12.4. The van der Waals surface area contributed by atoms with Gasteiger partial charge in [-0.1, -0.05) is 36.2 Å². The van der Waals surface area contributed by atoms with Crippen molar-refractivity contribution < 1.29 is 0 Å². The Morgan fingerprint density at radius 2 is 2.17 bits per heavy atom. The maximum absolute atomic E-state index is 6.23. The molecule has 0 radical (unpaired) electrons. The summed E-state index contributed by atoms with van der Waals surface area (Å²) < 4.78 is 1.76. The van der Waals surface area contributed by atoms with Crippen LogP contribution < -0.4 is 5.32 Å². The highest BCUT2D eigenvalue weighted by molar-refractivity contribution is 6.35. The number of benzene rings is 1. The number of hydrogen-bond donors (Lipinski definition) is 1. The Morgan fingerprint density at radius 3 is 2.72 bits per heavy atom. The van der Waals surface area contributed by atoms with E-state index in [9.17, 15) is 0 Å². The molecule has 0 bridgehead atoms. The van der Waals surface area contributed by atoms with Crippen LogP contribution in [0.2, 0.25) is 10.0 Å². The van der Waals surface area contributed by atoms with E-state index in [4.69, 9.17) is 23.2 Å². The summed E-state index contributed by atoms with van der Waals surface area (Å²) >= 11 is 12.1. The molecule has 3 nitrogen and oxygen atoms in total. The van der Waals surface area contributed by atoms with Gasteiger partial charge in [-0.15, -0.1) is 0 Å². The summed E-state index contributed by atoms with van der Waals surface area (Å²) in [7, 11) is 1.89. The van der Waals surface area contributed by atoms with Gasteiger partial charge in [0.1, 0.15) is 0 Å². The zero-order chi connectivity index (χ0) is 13.1. The van der Waals surface area contributed by atoms with Crippen LogP contribution in [0.25, 0.3) is 0 Å². The minimum Gasteiger partial charge on any atom is -0.376 e. The van der Waals surface area contributed by atoms with Crippen molar-refractivity contribution in [3.8, 4) is 0 Å². The number of nitrogens with one attached hydrogen (secondary N) is 1. The molecular weight excluding hydrogens is 269 g/mol. The second-order valence-corrected chi connectivity index (χ2v) is 5.02. The molecule has 2 rings (SSSR count). The Kier molecular flexibility index (Phi) is 4.15. The van der Waals surface area contributed by atoms with Gasteiger partial charge in [-0.2, -0.15) is 5.10 Å². The Hall–Kier alpha value is -1.19. The van der Waals surface area contributed by atoms with Crippen molar-refractivity contribution >= 4 is 28.9 Å². The topological polar surface area (TPSA) is 29.9 Å². The predicted octanol–water partition coefficient (Wildman–Crippen LogP) is 4.29. The minimum atomic E-state index is 0.152. The minimum absolute atomic E-state index is 0.152. The van der Waals surface area contributed by atoms with Crippen LogP contribution in [0, 0.1) is 0 Å². The third-order valence-corrected chi connectivity index (χ3v) is 3.35. The summed E-state index contributed by atoms with van der Waals surface area (Å²) in [6.45, 7) is 2.11. The molecule has 5 heteroatoms. The highest BCUT2D eigenvalue weighted by Crippen LogP contribution is 2.30. The number of rotatable bonds is 4. The van der Waals surface area contributed by atoms with E-state index < -0.39 is 0 Å². The molecule has 0 amide bonds. The maximum atomic E-state index is 6.23. The van der Waals surface area contributed by atoms with Gasteiger partial charge in [-0.05, 0) is 24.1 Å². The molecule has 1 aromatic heterocycles. The number of nitrogens with zero attached hydrogens (tertiary/aromatic N) is 2. The summed E-state index contributed by atoms with van der Waals surface area (Å²) in [5, 5.41) is 8.89. The van der Waals surface area contributed by atoms with Gasteiger partial charge in [0.15, 0.2) is 0 Å². The van der Waals surface area contributed by atoms with Crippen molar-refractivity contribution in [3.05, 3.63) is 46.2 Å². The summed E-state index contributed by atoms with van der Waals surface area (Å²) in [5.41, 5.74) is 2.03. The predicted molar refractivity (Wildman–Crippen MR) is 76.3 cm³/mol. The molecule has 1 N–H and O–H groups in total. The third-order valence-electron chi connectivity index (χ3n) is 2.79. The molecule has 0 fully saturated rings. The standard InChI is InChI=1S/C13H15Cl2N3/c1-3-13(17-10-7-16-18(2)8-10)11-5-4-9(14)6-12(11)15/h4-8,13,17H,3H2,1-2H3. The molecule has 0 aliphatic heterocycles. The molecule has 1 unspecified atom stereocenters. The lowest BCUT2D eigenvalue weighted by Crippen LogP contribution is -2.09. The van der Waals surface area contributed by atoms with E-state index in [2.05, 4.69) is 17.3 Å². The molecule has 0 aliphatic carbocycles. The maximum Gasteiger partial charge on any atom is 0.0731 e. The summed E-state index contributed by atoms with van der Waals surface area (Å²) in [6, 6.07) is 5.74. The molecule has 0 aliphatic rings. The molecule has 96 valence electrons. The Morgan fingerprint density at radius 1 is 1.39 bits per heavy atom. The van der Waals surface area contributed by atoms with Gasteiger partial charge in [0.05, 0.1) is 17.9 Å². The van der Waals surface area contributed by atoms with Crippen molar-refractivity contribution in [2.45, 2.75) is 19.4 Å². The van der Waals surface area contributed by atoms with Gasteiger partial charge in [-0.3, -0.25) is 4.68 Å². The van der Waals surface area contributed by atoms with Gasteiger partial charge < -0.3 is 5.32 Å². The average molecular weight is 284 g/mol. The highest BCUT2D eigenvalue weighted by Gasteiger charge is 2.13. The summed E-state index contributed by atoms with van der Waals surface area (Å²) in [4.78, 5) is 0. The van der Waals surface area contributed by atoms with Crippen molar-refractivity contribution in [1.82, 2.24) is 9.78 Å². The first-order valence-corrected chi connectivity index (χ1v) is 6.56. The molecule has 0 saturated heterocycles. The Bertz CT molecular complexity index is 537. The van der Waals surface area contributed by atoms with Gasteiger partial charge in [0.2, 0.25) is 0 Å². The van der Waals surface area contributed by atoms with Gasteiger partial charge in [0, 0.05) is 23.3 Å².